The number of benzene rings is 1. The van der Waals surface area contributed by atoms with Gasteiger partial charge >= 0.3 is 17.9 Å². The van der Waals surface area contributed by atoms with E-state index in [9.17, 15) is 14.4 Å². The molecule has 0 bridgehead atoms. The second-order valence-corrected chi connectivity index (χ2v) is 5.92. The van der Waals surface area contributed by atoms with Crippen LogP contribution in [0.5, 0.6) is 0 Å². The van der Waals surface area contributed by atoms with Crippen LogP contribution in [0, 0.1) is 6.92 Å². The second kappa shape index (κ2) is 6.74. The molecule has 1 aromatic rings. The molecule has 24 heavy (non-hydrogen) atoms. The number of ether oxygens (including phenoxy) is 2. The first-order valence-corrected chi connectivity index (χ1v) is 7.42. The lowest BCUT2D eigenvalue weighted by molar-refractivity contribution is -0.222. The lowest BCUT2D eigenvalue weighted by Crippen LogP contribution is -2.42. The zero-order valence-electron chi connectivity index (χ0n) is 13.7. The molecule has 7 heteroatoms. The first-order chi connectivity index (χ1) is 11.2. The van der Waals surface area contributed by atoms with E-state index in [1.807, 2.05) is 19.1 Å². The van der Waals surface area contributed by atoms with Gasteiger partial charge in [0.25, 0.3) is 5.79 Å². The smallest absolute Gasteiger partial charge is 0.350 e. The van der Waals surface area contributed by atoms with E-state index in [4.69, 9.17) is 14.6 Å². The van der Waals surface area contributed by atoms with Crippen molar-refractivity contribution in [2.45, 2.75) is 39.4 Å². The van der Waals surface area contributed by atoms with Gasteiger partial charge < -0.3 is 19.9 Å². The Morgan fingerprint density at radius 2 is 1.88 bits per heavy atom. The fourth-order valence-electron chi connectivity index (χ4n) is 2.16. The highest BCUT2D eigenvalue weighted by molar-refractivity contribution is 6.15. The quantitative estimate of drug-likeness (QED) is 0.483. The number of carboxylic acids is 1. The van der Waals surface area contributed by atoms with Crippen molar-refractivity contribution in [1.82, 2.24) is 0 Å². The highest BCUT2D eigenvalue weighted by atomic mass is 16.7. The Hall–Kier alpha value is -2.83. The number of anilines is 1. The molecule has 2 rings (SSSR count). The average molecular weight is 333 g/mol. The number of cyclic esters (lactones) is 2. The Bertz CT molecular complexity index is 698. The summed E-state index contributed by atoms with van der Waals surface area (Å²) >= 11 is 0. The third-order valence-electron chi connectivity index (χ3n) is 3.42. The Morgan fingerprint density at radius 3 is 2.46 bits per heavy atom. The number of aliphatic carboxylic acids is 1. The minimum atomic E-state index is -1.28. The topological polar surface area (TPSA) is 102 Å². The van der Waals surface area contributed by atoms with Crippen molar-refractivity contribution in [2.24, 2.45) is 0 Å². The summed E-state index contributed by atoms with van der Waals surface area (Å²) in [6.07, 6.45) is 1.65. The molecule has 0 aliphatic carbocycles. The molecule has 0 spiro atoms. The second-order valence-electron chi connectivity index (χ2n) is 5.92. The summed E-state index contributed by atoms with van der Waals surface area (Å²) in [4.78, 5) is 34.4. The largest absolute Gasteiger partial charge is 0.481 e. The maximum atomic E-state index is 11.9. The van der Waals surface area contributed by atoms with Crippen molar-refractivity contribution in [3.05, 3.63) is 41.1 Å². The maximum absolute atomic E-state index is 11.9. The van der Waals surface area contributed by atoms with E-state index in [1.54, 1.807) is 6.07 Å². The maximum Gasteiger partial charge on any atom is 0.350 e. The SMILES string of the molecule is Cc1ccc(CCC(=O)O)cc1NC=C1C(=O)OC(C)(C)OC1=O. The van der Waals surface area contributed by atoms with E-state index < -0.39 is 23.7 Å². The molecule has 0 amide bonds. The number of hydrogen-bond donors (Lipinski definition) is 2. The predicted molar refractivity (Wildman–Crippen MR) is 85.1 cm³/mol. The van der Waals surface area contributed by atoms with Gasteiger partial charge in [0.15, 0.2) is 5.57 Å². The third kappa shape index (κ3) is 4.34. The lowest BCUT2D eigenvalue weighted by atomic mass is 10.1. The number of esters is 2. The Kier molecular flexibility index (Phi) is 4.92. The van der Waals surface area contributed by atoms with Gasteiger partial charge in [0.2, 0.25) is 0 Å². The van der Waals surface area contributed by atoms with Gasteiger partial charge in [-0.05, 0) is 30.5 Å². The van der Waals surface area contributed by atoms with Crippen LogP contribution in [0.15, 0.2) is 30.0 Å². The Morgan fingerprint density at radius 1 is 1.25 bits per heavy atom. The van der Waals surface area contributed by atoms with E-state index in [-0.39, 0.29) is 12.0 Å². The van der Waals surface area contributed by atoms with Gasteiger partial charge in [-0.25, -0.2) is 9.59 Å². The van der Waals surface area contributed by atoms with E-state index >= 15 is 0 Å². The standard InChI is InChI=1S/C17H19NO6/c1-10-4-5-11(6-7-14(19)20)8-13(10)18-9-12-15(21)23-17(2,3)24-16(12)22/h4-5,8-9,18H,6-7H2,1-3H3,(H,19,20). The van der Waals surface area contributed by atoms with Gasteiger partial charge in [0, 0.05) is 32.2 Å². The molecule has 0 atom stereocenters. The molecule has 1 aromatic carbocycles. The van der Waals surface area contributed by atoms with Crippen LogP contribution in [-0.4, -0.2) is 28.8 Å². The molecule has 0 saturated carbocycles. The number of hydrogen-bond acceptors (Lipinski definition) is 6. The molecule has 0 aromatic heterocycles. The van der Waals surface area contributed by atoms with Crippen molar-refractivity contribution < 1.29 is 29.0 Å². The van der Waals surface area contributed by atoms with Crippen LogP contribution in [0.25, 0.3) is 0 Å². The first-order valence-electron chi connectivity index (χ1n) is 7.42. The summed E-state index contributed by atoms with van der Waals surface area (Å²) in [7, 11) is 0. The lowest BCUT2D eigenvalue weighted by Gasteiger charge is -2.29. The molecule has 1 heterocycles. The zero-order valence-corrected chi connectivity index (χ0v) is 13.7. The predicted octanol–water partition coefficient (Wildman–Crippen LogP) is 2.14. The molecule has 1 fully saturated rings. The van der Waals surface area contributed by atoms with Gasteiger partial charge in [-0.2, -0.15) is 0 Å². The van der Waals surface area contributed by atoms with Crippen LogP contribution in [-0.2, 0) is 30.3 Å². The van der Waals surface area contributed by atoms with Crippen LogP contribution in [0.1, 0.15) is 31.4 Å². The molecule has 1 aliphatic rings. The van der Waals surface area contributed by atoms with Gasteiger partial charge in [-0.15, -0.1) is 0 Å². The molecule has 0 radical (unpaired) electrons. The van der Waals surface area contributed by atoms with Gasteiger partial charge in [0.1, 0.15) is 0 Å². The molecule has 2 N–H and O–H groups in total. The van der Waals surface area contributed by atoms with Crippen molar-refractivity contribution >= 4 is 23.6 Å². The van der Waals surface area contributed by atoms with Gasteiger partial charge in [-0.3, -0.25) is 4.79 Å². The summed E-state index contributed by atoms with van der Waals surface area (Å²) in [6, 6.07) is 5.44. The van der Waals surface area contributed by atoms with Gasteiger partial charge in [0.05, 0.1) is 0 Å². The number of carbonyl (C=O) groups excluding carboxylic acids is 2. The van der Waals surface area contributed by atoms with E-state index in [0.29, 0.717) is 12.1 Å². The Balaban J connectivity index is 2.16. The van der Waals surface area contributed by atoms with E-state index in [1.165, 1.54) is 20.0 Å². The van der Waals surface area contributed by atoms with Crippen molar-refractivity contribution in [1.29, 1.82) is 0 Å². The van der Waals surface area contributed by atoms with Crippen LogP contribution in [0.4, 0.5) is 5.69 Å². The minimum Gasteiger partial charge on any atom is -0.481 e. The molecule has 7 nitrogen and oxygen atoms in total. The monoisotopic (exact) mass is 333 g/mol. The molecule has 0 unspecified atom stereocenters. The Labute approximate surface area is 139 Å². The van der Waals surface area contributed by atoms with Crippen LogP contribution in [0.3, 0.4) is 0 Å². The summed E-state index contributed by atoms with van der Waals surface area (Å²) in [6.45, 7) is 4.80. The number of aryl methyl sites for hydroxylation is 2. The molecule has 128 valence electrons. The zero-order chi connectivity index (χ0) is 17.9. The minimum absolute atomic E-state index is 0.0251. The van der Waals surface area contributed by atoms with Crippen molar-refractivity contribution in [2.75, 3.05) is 5.32 Å². The highest BCUT2D eigenvalue weighted by Gasteiger charge is 2.38. The summed E-state index contributed by atoms with van der Waals surface area (Å²) in [5.41, 5.74) is 2.14. The van der Waals surface area contributed by atoms with Crippen LogP contribution >= 0.6 is 0 Å². The summed E-state index contributed by atoms with van der Waals surface area (Å²) in [5, 5.41) is 11.6. The van der Waals surface area contributed by atoms with Crippen LogP contribution < -0.4 is 5.32 Å². The average Bonchev–Trinajstić information content (AvgIpc) is 2.45. The highest BCUT2D eigenvalue weighted by Crippen LogP contribution is 2.23. The first kappa shape index (κ1) is 17.5. The number of carboxylic acid groups (broad SMARTS) is 1. The molecule has 1 saturated heterocycles. The van der Waals surface area contributed by atoms with E-state index in [0.717, 1.165) is 11.1 Å². The molecular weight excluding hydrogens is 314 g/mol. The normalized spacial score (nSPS) is 16.2. The number of nitrogens with one attached hydrogen (secondary N) is 1. The third-order valence-corrected chi connectivity index (χ3v) is 3.42. The number of carbonyl (C=O) groups is 3. The number of rotatable bonds is 5. The molecule has 1 aliphatic heterocycles. The van der Waals surface area contributed by atoms with E-state index in [2.05, 4.69) is 5.32 Å². The summed E-state index contributed by atoms with van der Waals surface area (Å²) in [5.74, 6) is -3.67. The van der Waals surface area contributed by atoms with Crippen LogP contribution in [0.2, 0.25) is 0 Å². The van der Waals surface area contributed by atoms with Crippen molar-refractivity contribution in [3.8, 4) is 0 Å². The summed E-state index contributed by atoms with van der Waals surface area (Å²) < 4.78 is 10.0. The fourth-order valence-corrected chi connectivity index (χ4v) is 2.16. The molecular formula is C17H19NO6. The van der Waals surface area contributed by atoms with Gasteiger partial charge in [-0.1, -0.05) is 12.1 Å². The fraction of sp³-hybridized carbons (Fsp3) is 0.353. The van der Waals surface area contributed by atoms with Crippen molar-refractivity contribution in [3.63, 3.8) is 0 Å².